The molecule has 2 heterocycles. The maximum absolute atomic E-state index is 11.6. The molecule has 0 aromatic heterocycles. The minimum absolute atomic E-state index is 0.655. The van der Waals surface area contributed by atoms with Crippen LogP contribution in [0.1, 0.15) is 29.5 Å². The second-order valence-electron chi connectivity index (χ2n) is 7.34. The van der Waals surface area contributed by atoms with E-state index in [0.29, 0.717) is 4.90 Å². The van der Waals surface area contributed by atoms with Crippen LogP contribution >= 0.6 is 32.6 Å². The summed E-state index contributed by atoms with van der Waals surface area (Å²) in [6, 6.07) is 14.9. The van der Waals surface area contributed by atoms with Crippen molar-refractivity contribution in [3.8, 4) is 0 Å². The molecule has 1 N–H and O–H groups in total. The van der Waals surface area contributed by atoms with Crippen LogP contribution in [0.25, 0.3) is 0 Å². The van der Waals surface area contributed by atoms with Crippen molar-refractivity contribution in [2.24, 2.45) is 5.92 Å². The molecule has 0 aliphatic carbocycles. The molecule has 0 amide bonds. The van der Waals surface area contributed by atoms with Gasteiger partial charge in [0, 0.05) is 15.1 Å². The van der Waals surface area contributed by atoms with E-state index in [1.54, 1.807) is 0 Å². The molecule has 0 saturated carbocycles. The molecular formula is C20H23IO2S2. The zero-order chi connectivity index (χ0) is 17.4. The molecule has 134 valence electrons. The smallest absolute Gasteiger partial charge is 0.186 e. The van der Waals surface area contributed by atoms with E-state index in [1.165, 1.54) is 56.8 Å². The summed E-state index contributed by atoms with van der Waals surface area (Å²) in [5.74, 6) is 5.70. The SMILES string of the molecule is O=S(O)c1cccc2c1CS1(CCC(Cc3ccc(I)cc3)CC1)C2. The topological polar surface area (TPSA) is 37.3 Å². The zero-order valence-electron chi connectivity index (χ0n) is 14.1. The second-order valence-corrected chi connectivity index (χ2v) is 13.4. The number of fused-ring (bicyclic) bond motifs is 1. The Morgan fingerprint density at radius 3 is 2.48 bits per heavy atom. The van der Waals surface area contributed by atoms with Gasteiger partial charge in [-0.25, -0.2) is 14.2 Å². The minimum atomic E-state index is -1.85. The molecule has 0 bridgehead atoms. The Balaban J connectivity index is 1.43. The van der Waals surface area contributed by atoms with Crippen molar-refractivity contribution in [2.45, 2.75) is 35.7 Å². The molecule has 2 aromatic rings. The van der Waals surface area contributed by atoms with E-state index >= 15 is 0 Å². The van der Waals surface area contributed by atoms with Gasteiger partial charge in [-0.05, 0) is 94.2 Å². The molecule has 1 fully saturated rings. The molecule has 1 saturated heterocycles. The molecule has 25 heavy (non-hydrogen) atoms. The summed E-state index contributed by atoms with van der Waals surface area (Å²) in [7, 11) is -0.656. The average Bonchev–Trinajstić information content (AvgIpc) is 2.96. The van der Waals surface area contributed by atoms with Crippen LogP contribution in [-0.2, 0) is 29.0 Å². The first-order valence-corrected chi connectivity index (χ1v) is 13.2. The lowest BCUT2D eigenvalue weighted by Crippen LogP contribution is -2.23. The van der Waals surface area contributed by atoms with Gasteiger partial charge in [-0.1, -0.05) is 24.3 Å². The van der Waals surface area contributed by atoms with Crippen molar-refractivity contribution < 1.29 is 8.76 Å². The fourth-order valence-corrected chi connectivity index (χ4v) is 9.78. The first-order valence-electron chi connectivity index (χ1n) is 8.75. The lowest BCUT2D eigenvalue weighted by Gasteiger charge is -2.42. The van der Waals surface area contributed by atoms with Crippen LogP contribution in [0.3, 0.4) is 0 Å². The number of hydrogen-bond acceptors (Lipinski definition) is 1. The van der Waals surface area contributed by atoms with Crippen LogP contribution in [0.2, 0.25) is 0 Å². The fourth-order valence-electron chi connectivity index (χ4n) is 4.29. The maximum atomic E-state index is 11.6. The summed E-state index contributed by atoms with van der Waals surface area (Å²) < 4.78 is 22.5. The van der Waals surface area contributed by atoms with Crippen LogP contribution in [0, 0.1) is 9.49 Å². The lowest BCUT2D eigenvalue weighted by atomic mass is 9.94. The van der Waals surface area contributed by atoms with E-state index in [0.717, 1.165) is 11.7 Å². The van der Waals surface area contributed by atoms with Crippen LogP contribution in [0.4, 0.5) is 0 Å². The monoisotopic (exact) mass is 486 g/mol. The summed E-state index contributed by atoms with van der Waals surface area (Å²) in [5.41, 5.74) is 3.99. The van der Waals surface area contributed by atoms with Crippen LogP contribution in [0.5, 0.6) is 0 Å². The molecule has 5 heteroatoms. The normalized spacial score (nSPS) is 29.1. The highest BCUT2D eigenvalue weighted by Crippen LogP contribution is 2.63. The van der Waals surface area contributed by atoms with E-state index < -0.39 is 21.1 Å². The molecule has 2 aliphatic rings. The van der Waals surface area contributed by atoms with Gasteiger partial charge >= 0.3 is 0 Å². The summed E-state index contributed by atoms with van der Waals surface area (Å²) in [4.78, 5) is 0.655. The Kier molecular flexibility index (Phi) is 5.28. The van der Waals surface area contributed by atoms with Gasteiger partial charge in [-0.2, -0.15) is 0 Å². The highest BCUT2D eigenvalue weighted by Gasteiger charge is 2.37. The van der Waals surface area contributed by atoms with Gasteiger partial charge in [0.1, 0.15) is 0 Å². The third kappa shape index (κ3) is 3.84. The first-order chi connectivity index (χ1) is 12.0. The summed E-state index contributed by atoms with van der Waals surface area (Å²) >= 11 is 0.505. The van der Waals surface area contributed by atoms with Crippen molar-refractivity contribution in [1.29, 1.82) is 0 Å². The van der Waals surface area contributed by atoms with E-state index in [9.17, 15) is 8.76 Å². The highest BCUT2D eigenvalue weighted by atomic mass is 127. The molecule has 2 nitrogen and oxygen atoms in total. The van der Waals surface area contributed by atoms with Crippen molar-refractivity contribution in [2.75, 3.05) is 11.5 Å². The van der Waals surface area contributed by atoms with Crippen LogP contribution in [0.15, 0.2) is 47.4 Å². The van der Waals surface area contributed by atoms with Gasteiger partial charge in [0.05, 0.1) is 4.90 Å². The summed E-state index contributed by atoms with van der Waals surface area (Å²) in [5, 5.41) is 0. The van der Waals surface area contributed by atoms with E-state index in [4.69, 9.17) is 0 Å². The lowest BCUT2D eigenvalue weighted by molar-refractivity contribution is 0.483. The number of rotatable bonds is 3. The maximum Gasteiger partial charge on any atom is 0.186 e. The minimum Gasteiger partial charge on any atom is -0.302 e. The molecule has 0 radical (unpaired) electrons. The largest absolute Gasteiger partial charge is 0.302 e. The average molecular weight is 486 g/mol. The van der Waals surface area contributed by atoms with Crippen molar-refractivity contribution in [1.82, 2.24) is 0 Å². The van der Waals surface area contributed by atoms with Gasteiger partial charge in [0.15, 0.2) is 11.1 Å². The molecular weight excluding hydrogens is 463 g/mol. The third-order valence-corrected chi connectivity index (χ3v) is 11.2. The first kappa shape index (κ1) is 18.0. The number of hydrogen-bond donors (Lipinski definition) is 1. The number of benzene rings is 2. The zero-order valence-corrected chi connectivity index (χ0v) is 17.9. The second kappa shape index (κ2) is 7.33. The van der Waals surface area contributed by atoms with Gasteiger partial charge in [0.2, 0.25) is 0 Å². The quantitative estimate of drug-likeness (QED) is 0.470. The molecule has 4 rings (SSSR count). The predicted octanol–water partition coefficient (Wildman–Crippen LogP) is 5.34. The van der Waals surface area contributed by atoms with Crippen molar-refractivity contribution >= 4 is 43.7 Å². The summed E-state index contributed by atoms with van der Waals surface area (Å²) in [6.45, 7) is 0. The molecule has 1 atom stereocenters. The number of halogens is 1. The van der Waals surface area contributed by atoms with Crippen molar-refractivity contribution in [3.63, 3.8) is 0 Å². The van der Waals surface area contributed by atoms with Gasteiger partial charge in [0.25, 0.3) is 0 Å². The van der Waals surface area contributed by atoms with Gasteiger partial charge < -0.3 is 4.55 Å². The van der Waals surface area contributed by atoms with Crippen LogP contribution in [-0.4, -0.2) is 20.3 Å². The summed E-state index contributed by atoms with van der Waals surface area (Å²) in [6.07, 6.45) is 3.82. The predicted molar refractivity (Wildman–Crippen MR) is 116 cm³/mol. The highest BCUT2D eigenvalue weighted by molar-refractivity contribution is 14.1. The molecule has 1 spiro atoms. The Morgan fingerprint density at radius 2 is 1.80 bits per heavy atom. The Bertz CT molecular complexity index is 796. The van der Waals surface area contributed by atoms with E-state index in [2.05, 4.69) is 52.9 Å². The Hall–Kier alpha value is -0.370. The van der Waals surface area contributed by atoms with E-state index in [1.807, 2.05) is 12.1 Å². The third-order valence-electron chi connectivity index (χ3n) is 5.69. The molecule has 1 unspecified atom stereocenters. The molecule has 2 aliphatic heterocycles. The van der Waals surface area contributed by atoms with Crippen LogP contribution < -0.4 is 0 Å². The molecule has 2 aromatic carbocycles. The standard InChI is InChI=1S/C20H23IO2S2/c21-18-6-4-15(5-7-18)12-16-8-10-25(11-9-16)13-17-2-1-3-20(24(22)23)19(17)14-25/h1-7,16H,8-14H2,(H,22,23). The fraction of sp³-hybridized carbons (Fsp3) is 0.400. The van der Waals surface area contributed by atoms with Gasteiger partial charge in [-0.15, -0.1) is 0 Å². The van der Waals surface area contributed by atoms with Gasteiger partial charge in [-0.3, -0.25) is 0 Å². The van der Waals surface area contributed by atoms with Crippen molar-refractivity contribution in [3.05, 3.63) is 62.7 Å². The Morgan fingerprint density at radius 1 is 1.08 bits per heavy atom. The van der Waals surface area contributed by atoms with E-state index in [-0.39, 0.29) is 0 Å². The Labute approximate surface area is 167 Å².